The Morgan fingerprint density at radius 2 is 2.04 bits per heavy atom. The lowest BCUT2D eigenvalue weighted by molar-refractivity contribution is -0.135. The Hall–Kier alpha value is -3.15. The molecule has 0 fully saturated rings. The van der Waals surface area contributed by atoms with Crippen LogP contribution in [-0.2, 0) is 16.0 Å². The summed E-state index contributed by atoms with van der Waals surface area (Å²) in [6.45, 7) is 1.64. The van der Waals surface area contributed by atoms with Crippen molar-refractivity contribution in [3.63, 3.8) is 0 Å². The van der Waals surface area contributed by atoms with Gasteiger partial charge in [0, 0.05) is 18.9 Å². The predicted molar refractivity (Wildman–Crippen MR) is 105 cm³/mol. The molecule has 6 heteroatoms. The first-order valence-corrected chi connectivity index (χ1v) is 9.50. The largest absolute Gasteiger partial charge is 0.451 e. The highest BCUT2D eigenvalue weighted by Gasteiger charge is 2.27. The summed E-state index contributed by atoms with van der Waals surface area (Å²) in [5.41, 5.74) is 4.32. The molecule has 0 N–H and O–H groups in total. The van der Waals surface area contributed by atoms with Crippen molar-refractivity contribution in [3.05, 3.63) is 71.2 Å². The van der Waals surface area contributed by atoms with E-state index >= 15 is 0 Å². The number of aromatic nitrogens is 2. The molecular weight excluding hydrogens is 354 g/mol. The zero-order valence-electron chi connectivity index (χ0n) is 16.1. The predicted octanol–water partition coefficient (Wildman–Crippen LogP) is 3.34. The topological polar surface area (TPSA) is 63.9 Å². The standard InChI is InChI=1S/C22H23N3O3/c1-15-7-5-12-20-23-18(13-25(15)20)22(27)28-14-21(26)24(2)19-11-6-9-16-8-3-4-10-17(16)19/h3-5,7-8,10,12-13,19H,6,9,11,14H2,1-2H3. The van der Waals surface area contributed by atoms with Gasteiger partial charge in [0.15, 0.2) is 12.3 Å². The second kappa shape index (κ2) is 7.46. The van der Waals surface area contributed by atoms with E-state index in [2.05, 4.69) is 17.1 Å². The van der Waals surface area contributed by atoms with E-state index in [4.69, 9.17) is 4.74 Å². The molecule has 0 aliphatic heterocycles. The molecule has 6 nitrogen and oxygen atoms in total. The van der Waals surface area contributed by atoms with Gasteiger partial charge in [0.05, 0.1) is 6.04 Å². The molecule has 0 saturated carbocycles. The monoisotopic (exact) mass is 377 g/mol. The number of ether oxygens (including phenoxy) is 1. The third-order valence-corrected chi connectivity index (χ3v) is 5.43. The molecule has 0 bridgehead atoms. The second-order valence-corrected chi connectivity index (χ2v) is 7.21. The van der Waals surface area contributed by atoms with Gasteiger partial charge in [-0.1, -0.05) is 30.3 Å². The van der Waals surface area contributed by atoms with E-state index in [1.807, 2.05) is 41.7 Å². The fourth-order valence-corrected chi connectivity index (χ4v) is 3.85. The van der Waals surface area contributed by atoms with Crippen LogP contribution in [-0.4, -0.2) is 39.8 Å². The van der Waals surface area contributed by atoms with E-state index in [1.165, 1.54) is 11.1 Å². The molecular formula is C22H23N3O3. The maximum atomic E-state index is 12.6. The third-order valence-electron chi connectivity index (χ3n) is 5.43. The molecule has 1 aromatic carbocycles. The van der Waals surface area contributed by atoms with E-state index < -0.39 is 5.97 Å². The van der Waals surface area contributed by atoms with Crippen LogP contribution in [0.5, 0.6) is 0 Å². The van der Waals surface area contributed by atoms with Crippen molar-refractivity contribution >= 4 is 17.5 Å². The molecule has 1 aliphatic carbocycles. The lowest BCUT2D eigenvalue weighted by Crippen LogP contribution is -2.36. The molecule has 0 radical (unpaired) electrons. The number of imidazole rings is 1. The zero-order chi connectivity index (χ0) is 19.7. The Kier molecular flexibility index (Phi) is 4.86. The van der Waals surface area contributed by atoms with Crippen molar-refractivity contribution in [2.45, 2.75) is 32.2 Å². The molecule has 2 aromatic heterocycles. The Balaban J connectivity index is 1.42. The number of nitrogens with zero attached hydrogens (tertiary/aromatic N) is 3. The molecule has 1 amide bonds. The lowest BCUT2D eigenvalue weighted by Gasteiger charge is -2.33. The number of likely N-dealkylation sites (N-methyl/N-ethyl adjacent to an activating group) is 1. The molecule has 4 rings (SSSR count). The number of hydrogen-bond donors (Lipinski definition) is 0. The van der Waals surface area contributed by atoms with Crippen LogP contribution in [0.3, 0.4) is 0 Å². The minimum absolute atomic E-state index is 0.0222. The average Bonchev–Trinajstić information content (AvgIpc) is 3.16. The van der Waals surface area contributed by atoms with E-state index in [1.54, 1.807) is 18.1 Å². The number of rotatable bonds is 4. The highest BCUT2D eigenvalue weighted by Crippen LogP contribution is 2.33. The SMILES string of the molecule is Cc1cccc2nc(C(=O)OCC(=O)N(C)C3CCCc4ccccc43)cn12. The van der Waals surface area contributed by atoms with Gasteiger partial charge in [-0.05, 0) is 49.4 Å². The number of benzene rings is 1. The summed E-state index contributed by atoms with van der Waals surface area (Å²) in [6.07, 6.45) is 4.63. The molecule has 2 heterocycles. The first-order valence-electron chi connectivity index (χ1n) is 9.50. The van der Waals surface area contributed by atoms with Crippen molar-refractivity contribution in [1.82, 2.24) is 14.3 Å². The van der Waals surface area contributed by atoms with Crippen molar-refractivity contribution in [2.75, 3.05) is 13.7 Å². The molecule has 0 saturated heterocycles. The third kappa shape index (κ3) is 3.38. The van der Waals surface area contributed by atoms with Gasteiger partial charge in [0.25, 0.3) is 5.91 Å². The highest BCUT2D eigenvalue weighted by molar-refractivity contribution is 5.90. The molecule has 1 aliphatic rings. The second-order valence-electron chi connectivity index (χ2n) is 7.21. The maximum Gasteiger partial charge on any atom is 0.359 e. The summed E-state index contributed by atoms with van der Waals surface area (Å²) in [5.74, 6) is -0.802. The van der Waals surface area contributed by atoms with E-state index in [9.17, 15) is 9.59 Å². The minimum atomic E-state index is -0.589. The van der Waals surface area contributed by atoms with Crippen LogP contribution in [0, 0.1) is 6.92 Å². The van der Waals surface area contributed by atoms with Gasteiger partial charge in [-0.3, -0.25) is 4.79 Å². The summed E-state index contributed by atoms with van der Waals surface area (Å²) in [7, 11) is 1.78. The van der Waals surface area contributed by atoms with Gasteiger partial charge in [0.1, 0.15) is 5.65 Å². The zero-order valence-corrected chi connectivity index (χ0v) is 16.1. The van der Waals surface area contributed by atoms with Crippen molar-refractivity contribution < 1.29 is 14.3 Å². The van der Waals surface area contributed by atoms with E-state index in [-0.39, 0.29) is 24.2 Å². The van der Waals surface area contributed by atoms with Gasteiger partial charge in [-0.15, -0.1) is 0 Å². The van der Waals surface area contributed by atoms with Crippen LogP contribution in [0.2, 0.25) is 0 Å². The van der Waals surface area contributed by atoms with Crippen LogP contribution in [0.1, 0.15) is 46.2 Å². The number of pyridine rings is 1. The molecule has 1 atom stereocenters. The summed E-state index contributed by atoms with van der Waals surface area (Å²) in [5, 5.41) is 0. The van der Waals surface area contributed by atoms with Crippen LogP contribution in [0.25, 0.3) is 5.65 Å². The Morgan fingerprint density at radius 1 is 1.21 bits per heavy atom. The summed E-state index contributed by atoms with van der Waals surface area (Å²) in [6, 6.07) is 13.9. The lowest BCUT2D eigenvalue weighted by atomic mass is 9.87. The van der Waals surface area contributed by atoms with Crippen molar-refractivity contribution in [3.8, 4) is 0 Å². The van der Waals surface area contributed by atoms with Gasteiger partial charge < -0.3 is 14.0 Å². The molecule has 144 valence electrons. The van der Waals surface area contributed by atoms with Crippen LogP contribution in [0.4, 0.5) is 0 Å². The highest BCUT2D eigenvalue weighted by atomic mass is 16.5. The van der Waals surface area contributed by atoms with Gasteiger partial charge in [0.2, 0.25) is 0 Å². The van der Waals surface area contributed by atoms with Crippen molar-refractivity contribution in [1.29, 1.82) is 0 Å². The number of fused-ring (bicyclic) bond motifs is 2. The quantitative estimate of drug-likeness (QED) is 0.654. The first kappa shape index (κ1) is 18.2. The van der Waals surface area contributed by atoms with Crippen LogP contribution < -0.4 is 0 Å². The summed E-state index contributed by atoms with van der Waals surface area (Å²) in [4.78, 5) is 31.0. The van der Waals surface area contributed by atoms with Crippen molar-refractivity contribution in [2.24, 2.45) is 0 Å². The van der Waals surface area contributed by atoms with Crippen LogP contribution in [0.15, 0.2) is 48.7 Å². The summed E-state index contributed by atoms with van der Waals surface area (Å²) < 4.78 is 7.08. The van der Waals surface area contributed by atoms with E-state index in [0.717, 1.165) is 25.0 Å². The number of esters is 1. The average molecular weight is 377 g/mol. The number of carbonyl (C=O) groups is 2. The number of amides is 1. The molecule has 1 unspecified atom stereocenters. The maximum absolute atomic E-state index is 12.6. The van der Waals surface area contributed by atoms with Crippen LogP contribution >= 0.6 is 0 Å². The minimum Gasteiger partial charge on any atom is -0.451 e. The van der Waals surface area contributed by atoms with Gasteiger partial charge >= 0.3 is 5.97 Å². The smallest absolute Gasteiger partial charge is 0.359 e. The number of carbonyl (C=O) groups excluding carboxylic acids is 2. The molecule has 0 spiro atoms. The van der Waals surface area contributed by atoms with Gasteiger partial charge in [-0.25, -0.2) is 9.78 Å². The first-order chi connectivity index (χ1) is 13.5. The number of aryl methyl sites for hydroxylation is 2. The number of hydrogen-bond acceptors (Lipinski definition) is 4. The fraction of sp³-hybridized carbons (Fsp3) is 0.318. The Bertz CT molecular complexity index is 1040. The summed E-state index contributed by atoms with van der Waals surface area (Å²) >= 11 is 0. The Morgan fingerprint density at radius 3 is 2.86 bits per heavy atom. The molecule has 28 heavy (non-hydrogen) atoms. The normalized spacial score (nSPS) is 15.9. The molecule has 3 aromatic rings. The Labute approximate surface area is 163 Å². The fourth-order valence-electron chi connectivity index (χ4n) is 3.85. The van der Waals surface area contributed by atoms with Gasteiger partial charge in [-0.2, -0.15) is 0 Å². The van der Waals surface area contributed by atoms with E-state index in [0.29, 0.717) is 5.65 Å².